The first-order valence-corrected chi connectivity index (χ1v) is 12.3. The molecule has 1 fully saturated rings. The predicted molar refractivity (Wildman–Crippen MR) is 113 cm³/mol. The molecule has 0 saturated heterocycles. The molecule has 2 amide bonds. The molecule has 0 radical (unpaired) electrons. The van der Waals surface area contributed by atoms with E-state index in [0.29, 0.717) is 32.2 Å². The number of benzene rings is 1. The fourth-order valence-corrected chi connectivity index (χ4v) is 4.67. The minimum Gasteiger partial charge on any atom is -0.491 e. The topological polar surface area (TPSA) is 79.0 Å². The summed E-state index contributed by atoms with van der Waals surface area (Å²) in [6.07, 6.45) is 4.04. The van der Waals surface area contributed by atoms with E-state index in [4.69, 9.17) is 4.74 Å². The van der Waals surface area contributed by atoms with Crippen LogP contribution in [0, 0.1) is 5.92 Å². The van der Waals surface area contributed by atoms with Gasteiger partial charge >= 0.3 is 6.03 Å². The number of nitrogens with one attached hydrogen (secondary N) is 1. The first-order valence-electron chi connectivity index (χ1n) is 10.4. The average Bonchev–Trinajstić information content (AvgIpc) is 3.46. The van der Waals surface area contributed by atoms with Crippen LogP contribution < -0.4 is 10.1 Å². The van der Waals surface area contributed by atoms with E-state index in [2.05, 4.69) is 19.2 Å². The second kappa shape index (κ2) is 8.92. The van der Waals surface area contributed by atoms with Crippen molar-refractivity contribution < 1.29 is 17.9 Å². The largest absolute Gasteiger partial charge is 0.491 e. The Kier molecular flexibility index (Phi) is 6.73. The molecule has 2 aliphatic rings. The van der Waals surface area contributed by atoms with Crippen LogP contribution in [0.15, 0.2) is 18.2 Å². The summed E-state index contributed by atoms with van der Waals surface area (Å²) in [6, 6.07) is 5.76. The Labute approximate surface area is 174 Å². The molecule has 1 N–H and O–H groups in total. The molecule has 29 heavy (non-hydrogen) atoms. The van der Waals surface area contributed by atoms with E-state index in [-0.39, 0.29) is 18.1 Å². The summed E-state index contributed by atoms with van der Waals surface area (Å²) in [7, 11) is -3.25. The van der Waals surface area contributed by atoms with Gasteiger partial charge in [0.1, 0.15) is 12.4 Å². The lowest BCUT2D eigenvalue weighted by Crippen LogP contribution is -2.46. The Balaban J connectivity index is 1.74. The van der Waals surface area contributed by atoms with Crippen LogP contribution in [0.2, 0.25) is 0 Å². The van der Waals surface area contributed by atoms with E-state index < -0.39 is 10.0 Å². The molecule has 1 aliphatic carbocycles. The quantitative estimate of drug-likeness (QED) is 0.731. The van der Waals surface area contributed by atoms with Crippen molar-refractivity contribution in [3.05, 3.63) is 29.3 Å². The van der Waals surface area contributed by atoms with Gasteiger partial charge in [0.05, 0.1) is 18.8 Å². The summed E-state index contributed by atoms with van der Waals surface area (Å²) < 4.78 is 31.8. The minimum atomic E-state index is -3.25. The number of carbonyl (C=O) groups is 1. The molecule has 1 saturated carbocycles. The molecule has 0 spiro atoms. The number of fused-ring (bicyclic) bond motifs is 1. The van der Waals surface area contributed by atoms with Crippen LogP contribution >= 0.6 is 0 Å². The van der Waals surface area contributed by atoms with E-state index in [1.54, 1.807) is 9.21 Å². The molecule has 3 rings (SSSR count). The SMILES string of the molecule is CC(C)CCNC(=O)N1Cc2cc(CN(C3CC3)S(C)(=O)=O)ccc2OC[C@@H]1C. The van der Waals surface area contributed by atoms with Crippen LogP contribution in [0.1, 0.15) is 51.2 Å². The van der Waals surface area contributed by atoms with Crippen LogP contribution in [0.4, 0.5) is 4.79 Å². The summed E-state index contributed by atoms with van der Waals surface area (Å²) in [5.41, 5.74) is 1.83. The van der Waals surface area contributed by atoms with Gasteiger partial charge in [0, 0.05) is 24.7 Å². The standard InChI is InChI=1S/C21H33N3O4S/c1-15(2)9-10-22-21(25)23-13-18-11-17(5-8-20(18)28-14-16(23)3)12-24(19-6-7-19)29(4,26)27/h5,8,11,15-16,19H,6-7,9-10,12-14H2,1-4H3,(H,22,25)/t16-/m0/s1. The molecule has 1 aromatic carbocycles. The van der Waals surface area contributed by atoms with Gasteiger partial charge in [0.25, 0.3) is 0 Å². The second-order valence-electron chi connectivity index (χ2n) is 8.68. The van der Waals surface area contributed by atoms with Gasteiger partial charge in [-0.3, -0.25) is 0 Å². The number of amides is 2. The zero-order valence-electron chi connectivity index (χ0n) is 17.8. The van der Waals surface area contributed by atoms with Gasteiger partial charge in [-0.05, 0) is 49.8 Å². The molecule has 0 bridgehead atoms. The molecular weight excluding hydrogens is 390 g/mol. The van der Waals surface area contributed by atoms with Crippen molar-refractivity contribution in [1.29, 1.82) is 0 Å². The van der Waals surface area contributed by atoms with Gasteiger partial charge in [-0.15, -0.1) is 0 Å². The van der Waals surface area contributed by atoms with E-state index in [1.165, 1.54) is 6.26 Å². The number of sulfonamides is 1. The number of rotatable bonds is 7. The molecule has 7 nitrogen and oxygen atoms in total. The number of hydrogen-bond acceptors (Lipinski definition) is 4. The molecule has 1 atom stereocenters. The van der Waals surface area contributed by atoms with Crippen molar-refractivity contribution in [3.8, 4) is 5.75 Å². The third kappa shape index (κ3) is 5.85. The normalized spacial score (nSPS) is 19.7. The predicted octanol–water partition coefficient (Wildman–Crippen LogP) is 2.95. The van der Waals surface area contributed by atoms with Gasteiger partial charge in [-0.1, -0.05) is 19.9 Å². The third-order valence-electron chi connectivity index (χ3n) is 5.46. The van der Waals surface area contributed by atoms with Crippen LogP contribution in [0.25, 0.3) is 0 Å². The Morgan fingerprint density at radius 1 is 1.34 bits per heavy atom. The molecule has 162 valence electrons. The highest BCUT2D eigenvalue weighted by Gasteiger charge is 2.35. The lowest BCUT2D eigenvalue weighted by Gasteiger charge is -2.27. The van der Waals surface area contributed by atoms with Crippen LogP contribution in [-0.2, 0) is 23.1 Å². The molecule has 1 aromatic rings. The molecule has 1 aliphatic heterocycles. The van der Waals surface area contributed by atoms with E-state index in [0.717, 1.165) is 36.1 Å². The number of nitrogens with zero attached hydrogens (tertiary/aromatic N) is 2. The first-order chi connectivity index (χ1) is 13.6. The lowest BCUT2D eigenvalue weighted by atomic mass is 10.1. The van der Waals surface area contributed by atoms with Crippen molar-refractivity contribution >= 4 is 16.1 Å². The van der Waals surface area contributed by atoms with E-state index in [9.17, 15) is 13.2 Å². The van der Waals surface area contributed by atoms with Gasteiger partial charge in [-0.2, -0.15) is 4.31 Å². The highest BCUT2D eigenvalue weighted by Crippen LogP contribution is 2.32. The molecule has 0 unspecified atom stereocenters. The molecule has 1 heterocycles. The maximum atomic E-state index is 12.7. The smallest absolute Gasteiger partial charge is 0.318 e. The van der Waals surface area contributed by atoms with Crippen LogP contribution in [0.3, 0.4) is 0 Å². The van der Waals surface area contributed by atoms with E-state index in [1.807, 2.05) is 25.1 Å². The summed E-state index contributed by atoms with van der Waals surface area (Å²) in [5, 5.41) is 3.01. The fourth-order valence-electron chi connectivity index (χ4n) is 3.54. The van der Waals surface area contributed by atoms with Crippen molar-refractivity contribution in [2.45, 2.75) is 65.2 Å². The summed E-state index contributed by atoms with van der Waals surface area (Å²) in [4.78, 5) is 14.5. The second-order valence-corrected chi connectivity index (χ2v) is 10.6. The van der Waals surface area contributed by atoms with Crippen molar-refractivity contribution in [2.75, 3.05) is 19.4 Å². The Morgan fingerprint density at radius 3 is 2.69 bits per heavy atom. The molecular formula is C21H33N3O4S. The van der Waals surface area contributed by atoms with Gasteiger partial charge in [0.15, 0.2) is 0 Å². The summed E-state index contributed by atoms with van der Waals surface area (Å²) in [6.45, 7) is 8.13. The third-order valence-corrected chi connectivity index (χ3v) is 6.73. The highest BCUT2D eigenvalue weighted by molar-refractivity contribution is 7.88. The Hall–Kier alpha value is -1.80. The van der Waals surface area contributed by atoms with Gasteiger partial charge in [-0.25, -0.2) is 13.2 Å². The highest BCUT2D eigenvalue weighted by atomic mass is 32.2. The van der Waals surface area contributed by atoms with Gasteiger partial charge < -0.3 is 15.0 Å². The first kappa shape index (κ1) is 21.9. The minimum absolute atomic E-state index is 0.0520. The average molecular weight is 424 g/mol. The van der Waals surface area contributed by atoms with Crippen LogP contribution in [-0.4, -0.2) is 55.1 Å². The monoisotopic (exact) mass is 423 g/mol. The number of urea groups is 1. The maximum absolute atomic E-state index is 12.7. The van der Waals surface area contributed by atoms with Crippen LogP contribution in [0.5, 0.6) is 5.75 Å². The fraction of sp³-hybridized carbons (Fsp3) is 0.667. The lowest BCUT2D eigenvalue weighted by molar-refractivity contribution is 0.156. The zero-order valence-corrected chi connectivity index (χ0v) is 18.7. The Bertz CT molecular complexity index is 836. The summed E-state index contributed by atoms with van der Waals surface area (Å²) >= 11 is 0. The summed E-state index contributed by atoms with van der Waals surface area (Å²) in [5.74, 6) is 1.29. The van der Waals surface area contributed by atoms with Crippen molar-refractivity contribution in [2.24, 2.45) is 5.92 Å². The maximum Gasteiger partial charge on any atom is 0.318 e. The number of carbonyl (C=O) groups excluding carboxylic acids is 1. The van der Waals surface area contributed by atoms with Crippen molar-refractivity contribution in [3.63, 3.8) is 0 Å². The van der Waals surface area contributed by atoms with Crippen molar-refractivity contribution in [1.82, 2.24) is 14.5 Å². The van der Waals surface area contributed by atoms with E-state index >= 15 is 0 Å². The Morgan fingerprint density at radius 2 is 2.07 bits per heavy atom. The molecule has 8 heteroatoms. The molecule has 0 aromatic heterocycles. The number of hydrogen-bond donors (Lipinski definition) is 1. The zero-order chi connectivity index (χ0) is 21.2. The van der Waals surface area contributed by atoms with Gasteiger partial charge in [0.2, 0.25) is 10.0 Å². The number of ether oxygens (including phenoxy) is 1.